The number of anilines is 1. The lowest BCUT2D eigenvalue weighted by atomic mass is 10.1. The van der Waals surface area contributed by atoms with Crippen molar-refractivity contribution >= 4 is 23.0 Å². The van der Waals surface area contributed by atoms with Gasteiger partial charge in [-0.3, -0.25) is 25.0 Å². The highest BCUT2D eigenvalue weighted by molar-refractivity contribution is 5.95. The second-order valence-corrected chi connectivity index (χ2v) is 6.53. The van der Waals surface area contributed by atoms with Gasteiger partial charge in [-0.15, -0.1) is 0 Å². The minimum Gasteiger partial charge on any atom is -0.496 e. The second-order valence-electron chi connectivity index (χ2n) is 6.53. The van der Waals surface area contributed by atoms with Crippen LogP contribution in [0.25, 0.3) is 0 Å². The van der Waals surface area contributed by atoms with Crippen LogP contribution in [-0.2, 0) is 0 Å². The molecule has 1 aliphatic rings. The van der Waals surface area contributed by atoms with Crippen LogP contribution in [0, 0.1) is 20.2 Å². The van der Waals surface area contributed by atoms with Gasteiger partial charge in [-0.25, -0.2) is 0 Å². The molecule has 0 saturated carbocycles. The highest BCUT2D eigenvalue weighted by Crippen LogP contribution is 2.33. The molecule has 1 aliphatic heterocycles. The van der Waals surface area contributed by atoms with Crippen LogP contribution in [0.2, 0.25) is 0 Å². The molecule has 1 saturated heterocycles. The van der Waals surface area contributed by atoms with E-state index in [2.05, 4.69) is 0 Å². The topological polar surface area (TPSA) is 128 Å². The average Bonchev–Trinajstić information content (AvgIpc) is 2.77. The third-order valence-corrected chi connectivity index (χ3v) is 4.91. The molecule has 1 amide bonds. The summed E-state index contributed by atoms with van der Waals surface area (Å²) < 4.78 is 10.0. The Hall–Kier alpha value is -3.89. The van der Waals surface area contributed by atoms with Crippen molar-refractivity contribution in [1.82, 2.24) is 4.90 Å². The minimum atomic E-state index is -0.601. The molecule has 30 heavy (non-hydrogen) atoms. The molecule has 1 fully saturated rings. The van der Waals surface area contributed by atoms with Crippen LogP contribution in [0.1, 0.15) is 10.4 Å². The first-order chi connectivity index (χ1) is 14.3. The number of ether oxygens (including phenoxy) is 2. The van der Waals surface area contributed by atoms with Crippen molar-refractivity contribution in [2.75, 3.05) is 45.3 Å². The van der Waals surface area contributed by atoms with Gasteiger partial charge in [-0.1, -0.05) is 0 Å². The number of hydrogen-bond acceptors (Lipinski definition) is 8. The molecular weight excluding hydrogens is 396 g/mol. The monoisotopic (exact) mass is 416 g/mol. The molecular formula is C19H20N4O7. The van der Waals surface area contributed by atoms with E-state index in [0.29, 0.717) is 37.6 Å². The van der Waals surface area contributed by atoms with Gasteiger partial charge in [0.1, 0.15) is 11.4 Å². The Morgan fingerprint density at radius 3 is 2.13 bits per heavy atom. The second kappa shape index (κ2) is 8.64. The van der Waals surface area contributed by atoms with E-state index in [1.807, 2.05) is 4.90 Å². The summed E-state index contributed by atoms with van der Waals surface area (Å²) in [6, 6.07) is 8.71. The highest BCUT2D eigenvalue weighted by atomic mass is 16.6. The van der Waals surface area contributed by atoms with Crippen LogP contribution in [0.3, 0.4) is 0 Å². The average molecular weight is 416 g/mol. The molecule has 3 rings (SSSR count). The standard InChI is InChI=1S/C19H20N4O7/c1-29-14-4-5-15(16(12-14)22(25)26)20-7-9-21(10-8-20)19(24)13-3-6-18(30-2)17(11-13)23(27)28/h3-6,11-12H,7-10H2,1-2H3. The van der Waals surface area contributed by atoms with Gasteiger partial charge in [0.2, 0.25) is 0 Å². The van der Waals surface area contributed by atoms with Gasteiger partial charge in [-0.05, 0) is 24.3 Å². The quantitative estimate of drug-likeness (QED) is 0.519. The molecule has 2 aromatic carbocycles. The molecule has 0 N–H and O–H groups in total. The minimum absolute atomic E-state index is 0.0695. The third kappa shape index (κ3) is 4.09. The summed E-state index contributed by atoms with van der Waals surface area (Å²) >= 11 is 0. The summed E-state index contributed by atoms with van der Waals surface area (Å²) in [6.07, 6.45) is 0. The number of carbonyl (C=O) groups is 1. The molecule has 0 unspecified atom stereocenters. The third-order valence-electron chi connectivity index (χ3n) is 4.91. The molecule has 2 aromatic rings. The first kappa shape index (κ1) is 20.8. The van der Waals surface area contributed by atoms with E-state index in [4.69, 9.17) is 9.47 Å². The number of amides is 1. The van der Waals surface area contributed by atoms with Crippen LogP contribution in [0.4, 0.5) is 17.1 Å². The molecule has 0 aliphatic carbocycles. The number of methoxy groups -OCH3 is 2. The molecule has 1 heterocycles. The van der Waals surface area contributed by atoms with Gasteiger partial charge in [0.15, 0.2) is 5.75 Å². The van der Waals surface area contributed by atoms with E-state index in [0.717, 1.165) is 0 Å². The summed E-state index contributed by atoms with van der Waals surface area (Å²) in [5.41, 5.74) is 0.287. The Kier molecular flexibility index (Phi) is 6.00. The molecule has 0 bridgehead atoms. The van der Waals surface area contributed by atoms with Gasteiger partial charge in [-0.2, -0.15) is 0 Å². The van der Waals surface area contributed by atoms with Crippen LogP contribution in [0.5, 0.6) is 11.5 Å². The Bertz CT molecular complexity index is 987. The molecule has 11 heteroatoms. The fourth-order valence-electron chi connectivity index (χ4n) is 3.34. The number of benzene rings is 2. The number of nitro groups is 2. The SMILES string of the molecule is COc1ccc(N2CCN(C(=O)c3ccc(OC)c([N+](=O)[O-])c3)CC2)c([N+](=O)[O-])c1. The Labute approximate surface area is 171 Å². The summed E-state index contributed by atoms with van der Waals surface area (Å²) in [5.74, 6) is 0.123. The largest absolute Gasteiger partial charge is 0.496 e. The maximum Gasteiger partial charge on any atom is 0.311 e. The summed E-state index contributed by atoms with van der Waals surface area (Å²) in [7, 11) is 2.76. The number of nitrogens with zero attached hydrogens (tertiary/aromatic N) is 4. The molecule has 0 radical (unpaired) electrons. The lowest BCUT2D eigenvalue weighted by Gasteiger charge is -2.35. The maximum absolute atomic E-state index is 12.8. The van der Waals surface area contributed by atoms with Crippen molar-refractivity contribution in [2.24, 2.45) is 0 Å². The first-order valence-electron chi connectivity index (χ1n) is 9.04. The molecule has 0 spiro atoms. The summed E-state index contributed by atoms with van der Waals surface area (Å²) in [4.78, 5) is 37.7. The summed E-state index contributed by atoms with van der Waals surface area (Å²) in [6.45, 7) is 1.41. The number of nitro benzene ring substituents is 2. The van der Waals surface area contributed by atoms with Crippen LogP contribution < -0.4 is 14.4 Å². The van der Waals surface area contributed by atoms with E-state index >= 15 is 0 Å². The maximum atomic E-state index is 12.8. The van der Waals surface area contributed by atoms with Gasteiger partial charge >= 0.3 is 5.69 Å². The van der Waals surface area contributed by atoms with Crippen LogP contribution in [-0.4, -0.2) is 61.1 Å². The molecule has 0 atom stereocenters. The van der Waals surface area contributed by atoms with Gasteiger partial charge in [0, 0.05) is 37.8 Å². The molecule has 0 aromatic heterocycles. The predicted octanol–water partition coefficient (Wildman–Crippen LogP) is 2.48. The Balaban J connectivity index is 1.75. The zero-order chi connectivity index (χ0) is 21.8. The van der Waals surface area contributed by atoms with Crippen molar-refractivity contribution in [3.63, 3.8) is 0 Å². The lowest BCUT2D eigenvalue weighted by Crippen LogP contribution is -2.49. The van der Waals surface area contributed by atoms with Crippen LogP contribution >= 0.6 is 0 Å². The molecule has 158 valence electrons. The Morgan fingerprint density at radius 2 is 1.57 bits per heavy atom. The number of carbonyl (C=O) groups excluding carboxylic acids is 1. The van der Waals surface area contributed by atoms with E-state index < -0.39 is 9.85 Å². The van der Waals surface area contributed by atoms with Gasteiger partial charge in [0.05, 0.1) is 30.1 Å². The normalized spacial score (nSPS) is 13.7. The van der Waals surface area contributed by atoms with E-state index in [1.54, 1.807) is 17.0 Å². The zero-order valence-electron chi connectivity index (χ0n) is 16.4. The van der Waals surface area contributed by atoms with Crippen molar-refractivity contribution in [3.05, 3.63) is 62.2 Å². The van der Waals surface area contributed by atoms with Crippen LogP contribution in [0.15, 0.2) is 36.4 Å². The number of rotatable bonds is 6. The molecule has 11 nitrogen and oxygen atoms in total. The highest BCUT2D eigenvalue weighted by Gasteiger charge is 2.28. The first-order valence-corrected chi connectivity index (χ1v) is 9.04. The van der Waals surface area contributed by atoms with Gasteiger partial charge in [0.25, 0.3) is 11.6 Å². The van der Waals surface area contributed by atoms with Gasteiger partial charge < -0.3 is 19.3 Å². The Morgan fingerprint density at radius 1 is 0.900 bits per heavy atom. The van der Waals surface area contributed by atoms with Crippen molar-refractivity contribution < 1.29 is 24.1 Å². The van der Waals surface area contributed by atoms with E-state index in [9.17, 15) is 25.0 Å². The smallest absolute Gasteiger partial charge is 0.311 e. The van der Waals surface area contributed by atoms with E-state index in [1.165, 1.54) is 38.5 Å². The fraction of sp³-hybridized carbons (Fsp3) is 0.316. The number of hydrogen-bond donors (Lipinski definition) is 0. The predicted molar refractivity (Wildman–Crippen MR) is 107 cm³/mol. The number of piperazine rings is 1. The lowest BCUT2D eigenvalue weighted by molar-refractivity contribution is -0.385. The van der Waals surface area contributed by atoms with Crippen molar-refractivity contribution in [2.45, 2.75) is 0 Å². The van der Waals surface area contributed by atoms with Crippen molar-refractivity contribution in [1.29, 1.82) is 0 Å². The zero-order valence-corrected chi connectivity index (χ0v) is 16.4. The van der Waals surface area contributed by atoms with E-state index in [-0.39, 0.29) is 28.6 Å². The fourth-order valence-corrected chi connectivity index (χ4v) is 3.34. The summed E-state index contributed by atoms with van der Waals surface area (Å²) in [5, 5.41) is 22.6. The van der Waals surface area contributed by atoms with Crippen molar-refractivity contribution in [3.8, 4) is 11.5 Å².